The van der Waals surface area contributed by atoms with Gasteiger partial charge >= 0.3 is 6.18 Å². The molecule has 17 heavy (non-hydrogen) atoms. The van der Waals surface area contributed by atoms with Crippen molar-refractivity contribution in [2.75, 3.05) is 13.1 Å². The molecule has 0 spiro atoms. The Morgan fingerprint density at radius 2 is 1.82 bits per heavy atom. The third kappa shape index (κ3) is 3.78. The largest absolute Gasteiger partial charge is 0.489 e. The van der Waals surface area contributed by atoms with Gasteiger partial charge in [-0.25, -0.2) is 0 Å². The Morgan fingerprint density at radius 3 is 2.29 bits per heavy atom. The Morgan fingerprint density at radius 1 is 1.18 bits per heavy atom. The predicted molar refractivity (Wildman–Crippen MR) is 60.6 cm³/mol. The highest BCUT2D eigenvalue weighted by atomic mass is 35.5. The molecule has 6 heteroatoms. The fourth-order valence-corrected chi connectivity index (χ4v) is 1.64. The molecule has 0 radical (unpaired) electrons. The molecule has 0 amide bonds. The molecular weight excluding hydrogens is 255 g/mol. The maximum atomic E-state index is 12.3. The highest BCUT2D eigenvalue weighted by Gasteiger charge is 2.30. The van der Waals surface area contributed by atoms with E-state index in [1.54, 1.807) is 0 Å². The number of hydrogen-bond donors (Lipinski definition) is 1. The number of hydrogen-bond acceptors (Lipinski definition) is 2. The van der Waals surface area contributed by atoms with Gasteiger partial charge in [0.05, 0.1) is 5.56 Å². The summed E-state index contributed by atoms with van der Waals surface area (Å²) in [6.07, 6.45) is -3.33. The molecule has 1 unspecified atom stereocenters. The molecule has 0 aliphatic carbocycles. The van der Waals surface area contributed by atoms with Gasteiger partial charge in [-0.3, -0.25) is 0 Å². The minimum absolute atomic E-state index is 0. The molecule has 0 aromatic heterocycles. The van der Waals surface area contributed by atoms with Crippen molar-refractivity contribution >= 4 is 12.4 Å². The van der Waals surface area contributed by atoms with Crippen LogP contribution < -0.4 is 10.1 Å². The van der Waals surface area contributed by atoms with Crippen LogP contribution in [-0.2, 0) is 6.18 Å². The molecule has 1 N–H and O–H groups in total. The van der Waals surface area contributed by atoms with Gasteiger partial charge in [-0.05, 0) is 37.2 Å². The van der Waals surface area contributed by atoms with Crippen LogP contribution in [0.25, 0.3) is 0 Å². The lowest BCUT2D eigenvalue weighted by Gasteiger charge is -2.13. The fraction of sp³-hybridized carbons (Fsp3) is 0.455. The van der Waals surface area contributed by atoms with E-state index >= 15 is 0 Å². The van der Waals surface area contributed by atoms with Crippen LogP contribution >= 0.6 is 12.4 Å². The van der Waals surface area contributed by atoms with Crippen LogP contribution in [-0.4, -0.2) is 19.2 Å². The summed E-state index contributed by atoms with van der Waals surface area (Å²) in [4.78, 5) is 0. The molecular formula is C11H13ClF3NO. The van der Waals surface area contributed by atoms with E-state index in [0.717, 1.165) is 31.6 Å². The van der Waals surface area contributed by atoms with Gasteiger partial charge in [0.15, 0.2) is 0 Å². The van der Waals surface area contributed by atoms with Crippen molar-refractivity contribution in [3.63, 3.8) is 0 Å². The quantitative estimate of drug-likeness (QED) is 0.890. The first-order chi connectivity index (χ1) is 7.55. The summed E-state index contributed by atoms with van der Waals surface area (Å²) >= 11 is 0. The molecule has 1 aliphatic rings. The van der Waals surface area contributed by atoms with E-state index in [4.69, 9.17) is 4.74 Å². The molecule has 1 aromatic carbocycles. The molecule has 0 saturated carbocycles. The van der Waals surface area contributed by atoms with Gasteiger partial charge in [-0.15, -0.1) is 12.4 Å². The van der Waals surface area contributed by atoms with Crippen molar-refractivity contribution in [2.24, 2.45) is 0 Å². The van der Waals surface area contributed by atoms with Crippen LogP contribution in [0.2, 0.25) is 0 Å². The fourth-order valence-electron chi connectivity index (χ4n) is 1.64. The highest BCUT2D eigenvalue weighted by molar-refractivity contribution is 5.85. The molecule has 0 bridgehead atoms. The number of benzene rings is 1. The van der Waals surface area contributed by atoms with Crippen molar-refractivity contribution in [1.82, 2.24) is 5.32 Å². The minimum atomic E-state index is -4.28. The van der Waals surface area contributed by atoms with E-state index in [1.807, 2.05) is 0 Å². The number of ether oxygens (including phenoxy) is 1. The van der Waals surface area contributed by atoms with E-state index in [9.17, 15) is 13.2 Å². The van der Waals surface area contributed by atoms with Crippen LogP contribution in [0.5, 0.6) is 5.75 Å². The predicted octanol–water partition coefficient (Wildman–Crippen LogP) is 2.87. The summed E-state index contributed by atoms with van der Waals surface area (Å²) in [5.74, 6) is 0.488. The summed E-state index contributed by atoms with van der Waals surface area (Å²) in [5, 5.41) is 3.12. The smallest absolute Gasteiger partial charge is 0.416 e. The molecule has 1 saturated heterocycles. The molecule has 96 valence electrons. The zero-order valence-electron chi connectivity index (χ0n) is 8.96. The van der Waals surface area contributed by atoms with Crippen LogP contribution in [0.15, 0.2) is 24.3 Å². The van der Waals surface area contributed by atoms with Gasteiger partial charge < -0.3 is 10.1 Å². The first-order valence-electron chi connectivity index (χ1n) is 5.10. The van der Waals surface area contributed by atoms with Crippen molar-refractivity contribution in [3.8, 4) is 5.75 Å². The lowest BCUT2D eigenvalue weighted by Crippen LogP contribution is -2.19. The van der Waals surface area contributed by atoms with Gasteiger partial charge in [0.25, 0.3) is 0 Å². The van der Waals surface area contributed by atoms with Crippen molar-refractivity contribution < 1.29 is 17.9 Å². The average Bonchev–Trinajstić information content (AvgIpc) is 2.70. The monoisotopic (exact) mass is 267 g/mol. The molecule has 1 heterocycles. The Balaban J connectivity index is 0.00000144. The zero-order chi connectivity index (χ0) is 11.6. The highest BCUT2D eigenvalue weighted by Crippen LogP contribution is 2.30. The standard InChI is InChI=1S/C11H12F3NO.ClH/c12-11(13,14)8-1-3-9(4-2-8)16-10-5-6-15-7-10;/h1-4,10,15H,5-7H2;1H. The van der Waals surface area contributed by atoms with Gasteiger partial charge in [-0.2, -0.15) is 13.2 Å². The number of rotatable bonds is 2. The number of nitrogens with one attached hydrogen (secondary N) is 1. The van der Waals surface area contributed by atoms with Crippen molar-refractivity contribution in [3.05, 3.63) is 29.8 Å². The van der Waals surface area contributed by atoms with E-state index in [0.29, 0.717) is 5.75 Å². The average molecular weight is 268 g/mol. The first-order valence-corrected chi connectivity index (χ1v) is 5.10. The second-order valence-electron chi connectivity index (χ2n) is 3.75. The Kier molecular flexibility index (Phi) is 4.65. The van der Waals surface area contributed by atoms with Crippen molar-refractivity contribution in [1.29, 1.82) is 0 Å². The first kappa shape index (κ1) is 14.1. The molecule has 1 aliphatic heterocycles. The van der Waals surface area contributed by atoms with Crippen molar-refractivity contribution in [2.45, 2.75) is 18.7 Å². The van der Waals surface area contributed by atoms with Crippen LogP contribution in [0, 0.1) is 0 Å². The van der Waals surface area contributed by atoms with Crippen LogP contribution in [0.3, 0.4) is 0 Å². The Labute approximate surface area is 104 Å². The second kappa shape index (κ2) is 5.60. The SMILES string of the molecule is Cl.FC(F)(F)c1ccc(OC2CCNC2)cc1. The van der Waals surface area contributed by atoms with E-state index in [2.05, 4.69) is 5.32 Å². The van der Waals surface area contributed by atoms with E-state index in [1.165, 1.54) is 12.1 Å². The Bertz CT molecular complexity index is 347. The third-order valence-corrected chi connectivity index (χ3v) is 2.50. The van der Waals surface area contributed by atoms with Gasteiger partial charge in [0, 0.05) is 6.54 Å². The molecule has 1 atom stereocenters. The molecule has 1 fully saturated rings. The minimum Gasteiger partial charge on any atom is -0.489 e. The number of alkyl halides is 3. The summed E-state index contributed by atoms with van der Waals surface area (Å²) in [7, 11) is 0. The van der Waals surface area contributed by atoms with Crippen LogP contribution in [0.4, 0.5) is 13.2 Å². The van der Waals surface area contributed by atoms with Gasteiger partial charge in [0.1, 0.15) is 11.9 Å². The summed E-state index contributed by atoms with van der Waals surface area (Å²) < 4.78 is 42.3. The van der Waals surface area contributed by atoms with Gasteiger partial charge in [0.2, 0.25) is 0 Å². The summed E-state index contributed by atoms with van der Waals surface area (Å²) in [5.41, 5.74) is -0.649. The topological polar surface area (TPSA) is 21.3 Å². The summed E-state index contributed by atoms with van der Waals surface area (Å²) in [6.45, 7) is 1.65. The third-order valence-electron chi connectivity index (χ3n) is 2.50. The lowest BCUT2D eigenvalue weighted by molar-refractivity contribution is -0.137. The summed E-state index contributed by atoms with van der Waals surface area (Å²) in [6, 6.07) is 4.80. The number of halogens is 4. The Hall–Kier alpha value is -0.940. The van der Waals surface area contributed by atoms with E-state index < -0.39 is 11.7 Å². The van der Waals surface area contributed by atoms with Crippen LogP contribution in [0.1, 0.15) is 12.0 Å². The maximum absolute atomic E-state index is 12.3. The molecule has 1 aromatic rings. The normalized spacial score (nSPS) is 19.8. The second-order valence-corrected chi connectivity index (χ2v) is 3.75. The lowest BCUT2D eigenvalue weighted by atomic mass is 10.2. The van der Waals surface area contributed by atoms with Gasteiger partial charge in [-0.1, -0.05) is 0 Å². The zero-order valence-corrected chi connectivity index (χ0v) is 9.77. The van der Waals surface area contributed by atoms with E-state index in [-0.39, 0.29) is 18.5 Å². The maximum Gasteiger partial charge on any atom is 0.416 e. The molecule has 2 rings (SSSR count). The molecule has 2 nitrogen and oxygen atoms in total.